The molecular formula is C16H17BrN4O2. The molecular weight excluding hydrogens is 360 g/mol. The predicted molar refractivity (Wildman–Crippen MR) is 91.8 cm³/mol. The van der Waals surface area contributed by atoms with E-state index in [4.69, 9.17) is 9.47 Å². The van der Waals surface area contributed by atoms with Crippen molar-refractivity contribution in [2.75, 3.05) is 39.5 Å². The van der Waals surface area contributed by atoms with Crippen LogP contribution >= 0.6 is 15.9 Å². The van der Waals surface area contributed by atoms with Gasteiger partial charge in [-0.1, -0.05) is 15.9 Å². The summed E-state index contributed by atoms with van der Waals surface area (Å²) in [7, 11) is 0. The van der Waals surface area contributed by atoms with E-state index < -0.39 is 0 Å². The van der Waals surface area contributed by atoms with Crippen LogP contribution in [0.2, 0.25) is 0 Å². The number of fused-ring (bicyclic) bond motifs is 3. The molecule has 1 fully saturated rings. The van der Waals surface area contributed by atoms with Crippen molar-refractivity contribution in [1.82, 2.24) is 19.9 Å². The topological polar surface area (TPSA) is 63.3 Å². The molecule has 1 N–H and O–H groups in total. The zero-order chi connectivity index (χ0) is 15.6. The maximum absolute atomic E-state index is 5.96. The van der Waals surface area contributed by atoms with Crippen molar-refractivity contribution in [3.05, 3.63) is 29.0 Å². The predicted octanol–water partition coefficient (Wildman–Crippen LogP) is 2.58. The summed E-state index contributed by atoms with van der Waals surface area (Å²) in [4.78, 5) is 14.3. The Kier molecular flexibility index (Phi) is 4.15. The number of hydrogen-bond donors (Lipinski definition) is 1. The smallest absolute Gasteiger partial charge is 0.226 e. The first-order valence-electron chi connectivity index (χ1n) is 7.66. The summed E-state index contributed by atoms with van der Waals surface area (Å²) in [5.74, 6) is 0.632. The SMILES string of the molecule is Brc1ccc2[nH]c3ncnc(OCCN4CCOCC4)c3c2c1. The number of aromatic nitrogens is 3. The molecule has 0 atom stereocenters. The average molecular weight is 377 g/mol. The molecule has 0 bridgehead atoms. The Bertz CT molecular complexity index is 829. The van der Waals surface area contributed by atoms with Gasteiger partial charge in [0, 0.05) is 35.0 Å². The average Bonchev–Trinajstić information content (AvgIpc) is 2.94. The first-order valence-corrected chi connectivity index (χ1v) is 8.45. The van der Waals surface area contributed by atoms with Crippen molar-refractivity contribution >= 4 is 37.9 Å². The third kappa shape index (κ3) is 3.04. The van der Waals surface area contributed by atoms with E-state index in [1.165, 1.54) is 6.33 Å². The highest BCUT2D eigenvalue weighted by molar-refractivity contribution is 9.10. The van der Waals surface area contributed by atoms with E-state index in [0.717, 1.165) is 59.3 Å². The third-order valence-electron chi connectivity index (χ3n) is 4.07. The highest BCUT2D eigenvalue weighted by Crippen LogP contribution is 2.31. The third-order valence-corrected chi connectivity index (χ3v) is 4.56. The molecule has 1 saturated heterocycles. The Labute approximate surface area is 141 Å². The van der Waals surface area contributed by atoms with Crippen LogP contribution in [0.5, 0.6) is 5.88 Å². The lowest BCUT2D eigenvalue weighted by molar-refractivity contribution is 0.0321. The summed E-state index contributed by atoms with van der Waals surface area (Å²) >= 11 is 3.52. The van der Waals surface area contributed by atoms with Crippen LogP contribution in [0, 0.1) is 0 Å². The molecule has 3 aromatic rings. The first kappa shape index (κ1) is 14.9. The maximum atomic E-state index is 5.96. The highest BCUT2D eigenvalue weighted by atomic mass is 79.9. The Balaban J connectivity index is 1.58. The van der Waals surface area contributed by atoms with E-state index in [0.29, 0.717) is 12.5 Å². The maximum Gasteiger partial charge on any atom is 0.226 e. The van der Waals surface area contributed by atoms with Crippen LogP contribution in [0.15, 0.2) is 29.0 Å². The quantitative estimate of drug-likeness (QED) is 0.757. The van der Waals surface area contributed by atoms with E-state index in [2.05, 4.69) is 41.8 Å². The van der Waals surface area contributed by atoms with Crippen LogP contribution in [0.25, 0.3) is 21.9 Å². The highest BCUT2D eigenvalue weighted by Gasteiger charge is 2.14. The monoisotopic (exact) mass is 376 g/mol. The lowest BCUT2D eigenvalue weighted by Gasteiger charge is -2.26. The zero-order valence-corrected chi connectivity index (χ0v) is 14.2. The molecule has 0 radical (unpaired) electrons. The zero-order valence-electron chi connectivity index (χ0n) is 12.6. The van der Waals surface area contributed by atoms with Gasteiger partial charge in [0.05, 0.1) is 18.6 Å². The number of halogens is 1. The molecule has 6 nitrogen and oxygen atoms in total. The second kappa shape index (κ2) is 6.43. The fourth-order valence-corrected chi connectivity index (χ4v) is 3.23. The van der Waals surface area contributed by atoms with Crippen LogP contribution in [0.4, 0.5) is 0 Å². The molecule has 0 unspecified atom stereocenters. The van der Waals surface area contributed by atoms with Crippen molar-refractivity contribution in [2.45, 2.75) is 0 Å². The number of aromatic amines is 1. The molecule has 4 rings (SSSR count). The van der Waals surface area contributed by atoms with Gasteiger partial charge < -0.3 is 14.5 Å². The number of nitrogens with one attached hydrogen (secondary N) is 1. The lowest BCUT2D eigenvalue weighted by atomic mass is 10.2. The van der Waals surface area contributed by atoms with Gasteiger partial charge in [0.25, 0.3) is 0 Å². The summed E-state index contributed by atoms with van der Waals surface area (Å²) in [6, 6.07) is 6.09. The normalized spacial score (nSPS) is 16.2. The van der Waals surface area contributed by atoms with Gasteiger partial charge in [0.1, 0.15) is 18.6 Å². The minimum Gasteiger partial charge on any atom is -0.476 e. The second-order valence-corrected chi connectivity index (χ2v) is 6.44. The summed E-state index contributed by atoms with van der Waals surface area (Å²) < 4.78 is 12.3. The molecule has 23 heavy (non-hydrogen) atoms. The van der Waals surface area contributed by atoms with Crippen LogP contribution < -0.4 is 4.74 Å². The van der Waals surface area contributed by atoms with E-state index in [1.807, 2.05) is 12.1 Å². The minimum absolute atomic E-state index is 0.604. The first-order chi connectivity index (χ1) is 11.3. The van der Waals surface area contributed by atoms with Crippen molar-refractivity contribution in [3.63, 3.8) is 0 Å². The standard InChI is InChI=1S/C16H17BrN4O2/c17-11-1-2-13-12(9-11)14-15(20-13)18-10-19-16(14)23-8-5-21-3-6-22-7-4-21/h1-2,9-10H,3-8H2,(H,18,19,20). The molecule has 3 heterocycles. The second-order valence-electron chi connectivity index (χ2n) is 5.52. The molecule has 0 saturated carbocycles. The van der Waals surface area contributed by atoms with E-state index in [-0.39, 0.29) is 0 Å². The van der Waals surface area contributed by atoms with Crippen molar-refractivity contribution < 1.29 is 9.47 Å². The van der Waals surface area contributed by atoms with Crippen LogP contribution in [0.3, 0.4) is 0 Å². The molecule has 1 aliphatic rings. The molecule has 7 heteroatoms. The van der Waals surface area contributed by atoms with Gasteiger partial charge in [-0.15, -0.1) is 0 Å². The Hall–Kier alpha value is -1.70. The fraction of sp³-hybridized carbons (Fsp3) is 0.375. The number of nitrogens with zero attached hydrogens (tertiary/aromatic N) is 3. The number of rotatable bonds is 4. The van der Waals surface area contributed by atoms with Crippen LogP contribution in [0.1, 0.15) is 0 Å². The van der Waals surface area contributed by atoms with Gasteiger partial charge >= 0.3 is 0 Å². The van der Waals surface area contributed by atoms with Crippen LogP contribution in [-0.2, 0) is 4.74 Å². The van der Waals surface area contributed by atoms with Crippen molar-refractivity contribution in [1.29, 1.82) is 0 Å². The van der Waals surface area contributed by atoms with Gasteiger partial charge in [0.2, 0.25) is 5.88 Å². The van der Waals surface area contributed by atoms with Gasteiger partial charge in [-0.05, 0) is 18.2 Å². The summed E-state index contributed by atoms with van der Waals surface area (Å²) in [6.45, 7) is 5.00. The molecule has 0 spiro atoms. The summed E-state index contributed by atoms with van der Waals surface area (Å²) in [5.41, 5.74) is 1.83. The van der Waals surface area contributed by atoms with Gasteiger partial charge in [-0.3, -0.25) is 4.90 Å². The van der Waals surface area contributed by atoms with Gasteiger partial charge in [0.15, 0.2) is 0 Å². The minimum atomic E-state index is 0.604. The largest absolute Gasteiger partial charge is 0.476 e. The molecule has 1 aliphatic heterocycles. The van der Waals surface area contributed by atoms with Crippen LogP contribution in [-0.4, -0.2) is 59.3 Å². The number of hydrogen-bond acceptors (Lipinski definition) is 5. The van der Waals surface area contributed by atoms with Gasteiger partial charge in [-0.2, -0.15) is 0 Å². The van der Waals surface area contributed by atoms with Crippen molar-refractivity contribution in [3.8, 4) is 5.88 Å². The van der Waals surface area contributed by atoms with Crippen molar-refractivity contribution in [2.24, 2.45) is 0 Å². The summed E-state index contributed by atoms with van der Waals surface area (Å²) in [6.07, 6.45) is 1.54. The summed E-state index contributed by atoms with van der Waals surface area (Å²) in [5, 5.41) is 2.00. The molecule has 120 valence electrons. The fourth-order valence-electron chi connectivity index (χ4n) is 2.87. The lowest BCUT2D eigenvalue weighted by Crippen LogP contribution is -2.38. The number of morpholine rings is 1. The Morgan fingerprint density at radius 1 is 1.26 bits per heavy atom. The van der Waals surface area contributed by atoms with E-state index >= 15 is 0 Å². The number of benzene rings is 1. The molecule has 1 aromatic carbocycles. The van der Waals surface area contributed by atoms with Gasteiger partial charge in [-0.25, -0.2) is 9.97 Å². The van der Waals surface area contributed by atoms with E-state index in [1.54, 1.807) is 0 Å². The van der Waals surface area contributed by atoms with E-state index in [9.17, 15) is 0 Å². The molecule has 0 aliphatic carbocycles. The number of ether oxygens (including phenoxy) is 2. The number of H-pyrrole nitrogens is 1. The Morgan fingerprint density at radius 3 is 3.00 bits per heavy atom. The Morgan fingerprint density at radius 2 is 2.13 bits per heavy atom. The molecule has 0 amide bonds. The molecule has 2 aromatic heterocycles.